The second-order valence-corrected chi connectivity index (χ2v) is 9.21. The van der Waals surface area contributed by atoms with Crippen LogP contribution in [0.15, 0.2) is 18.2 Å². The number of piperidine rings is 1. The molecule has 1 unspecified atom stereocenters. The zero-order valence-corrected chi connectivity index (χ0v) is 21.1. The molecule has 1 saturated heterocycles. The van der Waals surface area contributed by atoms with Crippen molar-refractivity contribution in [3.05, 3.63) is 41.2 Å². The van der Waals surface area contributed by atoms with Gasteiger partial charge in [-0.2, -0.15) is 13.2 Å². The van der Waals surface area contributed by atoms with Crippen LogP contribution >= 0.6 is 0 Å². The van der Waals surface area contributed by atoms with Gasteiger partial charge in [-0.25, -0.2) is 32.3 Å². The van der Waals surface area contributed by atoms with Crippen LogP contribution in [0.25, 0.3) is 0 Å². The second-order valence-electron chi connectivity index (χ2n) is 9.21. The molecule has 0 amide bonds. The number of benzene rings is 1. The zero-order valence-electron chi connectivity index (χ0n) is 21.1. The lowest BCUT2D eigenvalue weighted by Crippen LogP contribution is -2.41. The molecule has 2 aliphatic rings. The topological polar surface area (TPSA) is 90.8 Å². The van der Waals surface area contributed by atoms with Crippen molar-refractivity contribution in [3.8, 4) is 5.75 Å². The maximum atomic E-state index is 13.9. The van der Waals surface area contributed by atoms with Crippen molar-refractivity contribution in [2.75, 3.05) is 36.9 Å². The van der Waals surface area contributed by atoms with E-state index < -0.39 is 36.8 Å². The van der Waals surface area contributed by atoms with Crippen LogP contribution < -0.4 is 15.0 Å². The van der Waals surface area contributed by atoms with E-state index in [4.69, 9.17) is 19.6 Å². The molecule has 0 aliphatic carbocycles. The summed E-state index contributed by atoms with van der Waals surface area (Å²) in [5, 5.41) is 9.88. The molecule has 0 radical (unpaired) electrons. The molecule has 4 rings (SSSR count). The minimum absolute atomic E-state index is 0.0230. The molecule has 1 aromatic carbocycles. The summed E-state index contributed by atoms with van der Waals surface area (Å²) in [6.45, 7) is 3.35. The molecule has 2 N–H and O–H groups in total. The highest BCUT2D eigenvalue weighted by Crippen LogP contribution is 2.31. The molecule has 0 spiro atoms. The number of rotatable bonds is 6. The largest absolute Gasteiger partial charge is 0.490 e. The van der Waals surface area contributed by atoms with Gasteiger partial charge in [-0.1, -0.05) is 0 Å². The minimum atomic E-state index is -5.08. The number of likely N-dealkylation sites (N-methyl/N-ethyl adjacent to an activating group) is 1. The summed E-state index contributed by atoms with van der Waals surface area (Å²) in [4.78, 5) is 22.5. The molecular weight excluding hydrogens is 539 g/mol. The third-order valence-corrected chi connectivity index (χ3v) is 6.27. The fraction of sp³-hybridized carbons (Fsp3) is 0.542. The van der Waals surface area contributed by atoms with E-state index in [9.17, 15) is 30.7 Å². The quantitative estimate of drug-likeness (QED) is 0.494. The van der Waals surface area contributed by atoms with Crippen molar-refractivity contribution in [1.82, 2.24) is 14.9 Å². The van der Waals surface area contributed by atoms with Gasteiger partial charge in [-0.15, -0.1) is 0 Å². The Morgan fingerprint density at radius 1 is 1.18 bits per heavy atom. The first kappa shape index (κ1) is 30.2. The average molecular weight is 568 g/mol. The minimum Gasteiger partial charge on any atom is -0.487 e. The number of aliphatic carboxylic acids is 1. The van der Waals surface area contributed by atoms with E-state index in [1.54, 1.807) is 0 Å². The molecule has 216 valence electrons. The number of hydrogen-bond donors (Lipinski definition) is 2. The van der Waals surface area contributed by atoms with Crippen molar-refractivity contribution in [2.45, 2.75) is 57.5 Å². The normalized spacial score (nSPS) is 18.3. The van der Waals surface area contributed by atoms with Crippen LogP contribution in [-0.4, -0.2) is 77.4 Å². The number of fused-ring (bicyclic) bond motifs is 1. The molecule has 8 nitrogen and oxygen atoms in total. The van der Waals surface area contributed by atoms with Crippen molar-refractivity contribution < 1.29 is 45.4 Å². The summed E-state index contributed by atoms with van der Waals surface area (Å²) in [7, 11) is 2.02. The van der Waals surface area contributed by atoms with Crippen molar-refractivity contribution in [1.29, 1.82) is 0 Å². The van der Waals surface area contributed by atoms with Crippen molar-refractivity contribution >= 4 is 17.6 Å². The maximum Gasteiger partial charge on any atom is 0.490 e. The third-order valence-electron chi connectivity index (χ3n) is 6.27. The van der Waals surface area contributed by atoms with E-state index in [0.717, 1.165) is 23.5 Å². The van der Waals surface area contributed by atoms with Gasteiger partial charge in [0.15, 0.2) is 23.2 Å². The van der Waals surface area contributed by atoms with E-state index in [2.05, 4.69) is 22.1 Å². The average Bonchev–Trinajstić information content (AvgIpc) is 2.85. The van der Waals surface area contributed by atoms with Crippen molar-refractivity contribution in [2.24, 2.45) is 0 Å². The first-order valence-corrected chi connectivity index (χ1v) is 12.0. The van der Waals surface area contributed by atoms with Gasteiger partial charge in [-0.05, 0) is 26.1 Å². The second kappa shape index (κ2) is 12.7. The van der Waals surface area contributed by atoms with Gasteiger partial charge in [0.25, 0.3) is 6.43 Å². The number of aromatic nitrogens is 2. The number of carboxylic acids is 1. The number of hydrogen-bond acceptors (Lipinski definition) is 7. The highest BCUT2D eigenvalue weighted by molar-refractivity contribution is 5.73. The Labute approximate surface area is 219 Å². The predicted octanol–water partition coefficient (Wildman–Crippen LogP) is 4.49. The van der Waals surface area contributed by atoms with Crippen LogP contribution in [0, 0.1) is 11.6 Å². The fourth-order valence-electron chi connectivity index (χ4n) is 4.06. The lowest BCUT2D eigenvalue weighted by molar-refractivity contribution is -0.192. The number of anilines is 2. The fourth-order valence-corrected chi connectivity index (χ4v) is 4.06. The molecule has 3 heterocycles. The Bertz CT molecular complexity index is 1140. The Kier molecular flexibility index (Phi) is 9.80. The smallest absolute Gasteiger partial charge is 0.487 e. The molecule has 39 heavy (non-hydrogen) atoms. The summed E-state index contributed by atoms with van der Waals surface area (Å²) in [5.74, 6) is -3.20. The molecule has 15 heteroatoms. The summed E-state index contributed by atoms with van der Waals surface area (Å²) in [5.41, 5.74) is 1.69. The van der Waals surface area contributed by atoms with Gasteiger partial charge < -0.3 is 20.1 Å². The van der Waals surface area contributed by atoms with E-state index in [1.165, 1.54) is 6.07 Å². The first-order valence-electron chi connectivity index (χ1n) is 12.0. The van der Waals surface area contributed by atoms with E-state index in [1.807, 2.05) is 11.9 Å². The van der Waals surface area contributed by atoms with Gasteiger partial charge in [0.1, 0.15) is 11.9 Å². The molecule has 0 bridgehead atoms. The van der Waals surface area contributed by atoms with Crippen LogP contribution in [0.2, 0.25) is 0 Å². The number of ether oxygens (including phenoxy) is 1. The monoisotopic (exact) mass is 567 g/mol. The summed E-state index contributed by atoms with van der Waals surface area (Å²) < 4.78 is 90.2. The molecule has 2 aromatic rings. The van der Waals surface area contributed by atoms with Crippen LogP contribution in [0.5, 0.6) is 5.75 Å². The van der Waals surface area contributed by atoms with Gasteiger partial charge in [0, 0.05) is 51.0 Å². The third kappa shape index (κ3) is 8.31. The zero-order chi connectivity index (χ0) is 28.9. The highest BCUT2D eigenvalue weighted by atomic mass is 19.4. The van der Waals surface area contributed by atoms with Gasteiger partial charge in [0.05, 0.1) is 17.9 Å². The number of alkyl halides is 5. The lowest BCUT2D eigenvalue weighted by Gasteiger charge is -2.35. The van der Waals surface area contributed by atoms with E-state index >= 15 is 0 Å². The number of halogens is 7. The highest BCUT2D eigenvalue weighted by Gasteiger charge is 2.38. The van der Waals surface area contributed by atoms with E-state index in [-0.39, 0.29) is 11.9 Å². The molecule has 1 fully saturated rings. The Hall–Kier alpha value is -3.36. The van der Waals surface area contributed by atoms with E-state index in [0.29, 0.717) is 56.6 Å². The van der Waals surface area contributed by atoms with Gasteiger partial charge >= 0.3 is 12.1 Å². The SMILES string of the molecule is CC1Cc2nc(NCC(F)F)c(N3CCC(Oc4ccc(F)cc4F)CC3)nc2CN1C.O=C(O)C(F)(F)F. The summed E-state index contributed by atoms with van der Waals surface area (Å²) >= 11 is 0. The number of nitrogens with one attached hydrogen (secondary N) is 1. The van der Waals surface area contributed by atoms with Crippen molar-refractivity contribution in [3.63, 3.8) is 0 Å². The standard InChI is InChI=1S/C22H27F4N5O.C2HF3O2/c1-13-9-17-18(12-30(13)2)29-22(21(28-17)27-11-20(25)26)31-7-5-15(6-8-31)32-19-4-3-14(23)10-16(19)24;3-2(4,5)1(6)7/h3-4,10,13,15,20H,5-9,11-12H2,1-2H3,(H,27,28);(H,6,7). The number of nitrogens with zero attached hydrogens (tertiary/aromatic N) is 4. The first-order chi connectivity index (χ1) is 18.2. The Balaban J connectivity index is 0.000000532. The molecule has 1 atom stereocenters. The maximum absolute atomic E-state index is 13.9. The van der Waals surface area contributed by atoms with Crippen LogP contribution in [-0.2, 0) is 17.8 Å². The summed E-state index contributed by atoms with van der Waals surface area (Å²) in [6, 6.07) is 3.54. The number of carboxylic acid groups (broad SMARTS) is 1. The molecule has 0 saturated carbocycles. The number of carbonyl (C=O) groups is 1. The lowest BCUT2D eigenvalue weighted by atomic mass is 10.0. The Morgan fingerprint density at radius 3 is 2.38 bits per heavy atom. The van der Waals surface area contributed by atoms with Crippen LogP contribution in [0.4, 0.5) is 42.4 Å². The van der Waals surface area contributed by atoms with Crippen LogP contribution in [0.3, 0.4) is 0 Å². The van der Waals surface area contributed by atoms with Crippen LogP contribution in [0.1, 0.15) is 31.2 Å². The predicted molar refractivity (Wildman–Crippen MR) is 127 cm³/mol. The van der Waals surface area contributed by atoms with Gasteiger partial charge in [-0.3, -0.25) is 4.90 Å². The van der Waals surface area contributed by atoms with Gasteiger partial charge in [0.2, 0.25) is 0 Å². The molecular formula is C24H28F7N5O3. The molecule has 2 aliphatic heterocycles. The molecule has 1 aromatic heterocycles. The summed E-state index contributed by atoms with van der Waals surface area (Å²) in [6.07, 6.45) is -5.94. The Morgan fingerprint density at radius 2 is 1.82 bits per heavy atom.